The molecule has 1 heterocycles. The zero-order valence-electron chi connectivity index (χ0n) is 11.1. The zero-order valence-corrected chi connectivity index (χ0v) is 11.1. The molecule has 0 radical (unpaired) electrons. The molecule has 0 spiro atoms. The molecule has 2 rings (SSSR count). The van der Waals surface area contributed by atoms with Crippen LogP contribution in [0, 0.1) is 6.92 Å². The quantitative estimate of drug-likeness (QED) is 0.879. The van der Waals surface area contributed by atoms with Gasteiger partial charge in [-0.05, 0) is 24.5 Å². The van der Waals surface area contributed by atoms with E-state index in [1.807, 2.05) is 0 Å². The second-order valence-corrected chi connectivity index (χ2v) is 4.58. The zero-order chi connectivity index (χ0) is 13.0. The molecule has 0 saturated carbocycles. The normalized spacial score (nSPS) is 12.4. The monoisotopic (exact) mass is 245 g/mol. The second kappa shape index (κ2) is 5.67. The number of nitrogens with zero attached hydrogens (tertiary/aromatic N) is 2. The van der Waals surface area contributed by atoms with E-state index in [4.69, 9.17) is 0 Å². The Hall–Kier alpha value is -1.84. The number of aromatic nitrogens is 2. The maximum atomic E-state index is 4.63. The Bertz CT molecular complexity index is 494. The molecule has 1 N–H and O–H groups in total. The molecule has 1 unspecified atom stereocenters. The van der Waals surface area contributed by atoms with Crippen molar-refractivity contribution in [3.63, 3.8) is 0 Å². The van der Waals surface area contributed by atoms with Crippen LogP contribution in [0.2, 0.25) is 0 Å². The average Bonchev–Trinajstić information content (AvgIpc) is 2.90. The third-order valence-corrected chi connectivity index (χ3v) is 3.21. The van der Waals surface area contributed by atoms with E-state index in [1.54, 1.807) is 6.20 Å². The smallest absolute Gasteiger partial charge is 0.109 e. The van der Waals surface area contributed by atoms with Crippen LogP contribution >= 0.6 is 0 Å². The molecule has 4 nitrogen and oxygen atoms in total. The summed E-state index contributed by atoms with van der Waals surface area (Å²) in [5.41, 5.74) is 4.75. The molecule has 1 atom stereocenters. The molecular weight excluding hydrogens is 226 g/mol. The summed E-state index contributed by atoms with van der Waals surface area (Å²) in [7, 11) is 0. The lowest BCUT2D eigenvalue weighted by molar-refractivity contribution is 0.301. The number of aryl methyl sites for hydroxylation is 2. The highest BCUT2D eigenvalue weighted by molar-refractivity contribution is 5.57. The van der Waals surface area contributed by atoms with Gasteiger partial charge >= 0.3 is 0 Å². The summed E-state index contributed by atoms with van der Waals surface area (Å²) in [4.78, 5) is 0. The fourth-order valence-electron chi connectivity index (χ4n) is 2.02. The minimum Gasteiger partial charge on any atom is -0.384 e. The van der Waals surface area contributed by atoms with Crippen molar-refractivity contribution in [2.45, 2.75) is 33.1 Å². The first kappa shape index (κ1) is 12.6. The van der Waals surface area contributed by atoms with Gasteiger partial charge in [0.2, 0.25) is 0 Å². The summed E-state index contributed by atoms with van der Waals surface area (Å²) in [6.07, 6.45) is 2.70. The van der Waals surface area contributed by atoms with E-state index in [2.05, 4.69) is 59.2 Å². The highest BCUT2D eigenvalue weighted by Gasteiger charge is 2.11. The van der Waals surface area contributed by atoms with Crippen LogP contribution in [0.25, 0.3) is 0 Å². The van der Waals surface area contributed by atoms with Gasteiger partial charge in [0.05, 0.1) is 6.20 Å². The number of nitrogens with one attached hydrogen (secondary N) is 1. The van der Waals surface area contributed by atoms with Gasteiger partial charge in [0.25, 0.3) is 0 Å². The summed E-state index contributed by atoms with van der Waals surface area (Å²) in [6, 6.07) is 6.39. The van der Waals surface area contributed by atoms with Gasteiger partial charge in [0, 0.05) is 18.2 Å². The van der Waals surface area contributed by atoms with E-state index in [-0.39, 0.29) is 5.92 Å². The van der Waals surface area contributed by atoms with Gasteiger partial charge in [-0.3, -0.25) is 0 Å². The summed E-state index contributed by atoms with van der Waals surface area (Å²) in [5, 5.41) is 11.0. The largest absolute Gasteiger partial charge is 0.384 e. The van der Waals surface area contributed by atoms with Crippen molar-refractivity contribution >= 4 is 5.69 Å². The molecule has 1 aromatic carbocycles. The van der Waals surface area contributed by atoms with Crippen LogP contribution in [0.3, 0.4) is 0 Å². The Labute approximate surface area is 107 Å². The first-order chi connectivity index (χ1) is 8.72. The predicted molar refractivity (Wildman–Crippen MR) is 71.8 cm³/mol. The highest BCUT2D eigenvalue weighted by Crippen LogP contribution is 2.22. The minimum atomic E-state index is 0.278. The maximum absolute atomic E-state index is 4.63. The van der Waals surface area contributed by atoms with E-state index in [0.717, 1.165) is 18.7 Å². The number of hydrogen-bond donors (Lipinski definition) is 1. The molecule has 18 heavy (non-hydrogen) atoms. The maximum Gasteiger partial charge on any atom is 0.109 e. The first-order valence-electron chi connectivity index (χ1n) is 6.32. The van der Waals surface area contributed by atoms with E-state index < -0.39 is 0 Å². The van der Waals surface area contributed by atoms with Crippen LogP contribution in [0.15, 0.2) is 29.0 Å². The van der Waals surface area contributed by atoms with Crippen molar-refractivity contribution in [2.24, 2.45) is 0 Å². The Morgan fingerprint density at radius 1 is 1.39 bits per heavy atom. The summed E-state index contributed by atoms with van der Waals surface area (Å²) < 4.78 is 4.63. The van der Waals surface area contributed by atoms with Gasteiger partial charge < -0.3 is 5.32 Å². The molecule has 96 valence electrons. The van der Waals surface area contributed by atoms with Crippen molar-refractivity contribution in [3.8, 4) is 0 Å². The second-order valence-electron chi connectivity index (χ2n) is 4.58. The van der Waals surface area contributed by atoms with Crippen molar-refractivity contribution in [1.82, 2.24) is 10.3 Å². The van der Waals surface area contributed by atoms with Crippen molar-refractivity contribution < 1.29 is 4.63 Å². The number of para-hydroxylation sites is 1. The van der Waals surface area contributed by atoms with Crippen molar-refractivity contribution in [2.75, 3.05) is 11.9 Å². The molecule has 0 aliphatic heterocycles. The third kappa shape index (κ3) is 2.70. The topological polar surface area (TPSA) is 51.0 Å². The predicted octanol–water partition coefficient (Wildman–Crippen LogP) is 3.16. The molecular formula is C14H19N3O. The Kier molecular flexibility index (Phi) is 3.97. The number of anilines is 1. The van der Waals surface area contributed by atoms with Gasteiger partial charge in [-0.15, -0.1) is 0 Å². The number of hydrogen-bond acceptors (Lipinski definition) is 4. The third-order valence-electron chi connectivity index (χ3n) is 3.21. The lowest BCUT2D eigenvalue weighted by Crippen LogP contribution is -2.12. The van der Waals surface area contributed by atoms with Gasteiger partial charge in [-0.2, -0.15) is 0 Å². The van der Waals surface area contributed by atoms with Gasteiger partial charge in [0.15, 0.2) is 0 Å². The summed E-state index contributed by atoms with van der Waals surface area (Å²) in [6.45, 7) is 7.23. The van der Waals surface area contributed by atoms with Crippen LogP contribution in [0.4, 0.5) is 5.69 Å². The average molecular weight is 245 g/mol. The molecule has 0 saturated heterocycles. The fourth-order valence-corrected chi connectivity index (χ4v) is 2.02. The van der Waals surface area contributed by atoms with Crippen LogP contribution < -0.4 is 5.32 Å². The van der Waals surface area contributed by atoms with Gasteiger partial charge in [-0.1, -0.05) is 42.4 Å². The first-order valence-corrected chi connectivity index (χ1v) is 6.32. The van der Waals surface area contributed by atoms with Crippen molar-refractivity contribution in [1.29, 1.82) is 0 Å². The molecule has 0 aliphatic rings. The van der Waals surface area contributed by atoms with Gasteiger partial charge in [-0.25, -0.2) is 4.63 Å². The lowest BCUT2D eigenvalue weighted by Gasteiger charge is -2.16. The van der Waals surface area contributed by atoms with Crippen LogP contribution in [-0.2, 0) is 6.42 Å². The molecule has 0 fully saturated rings. The summed E-state index contributed by atoms with van der Waals surface area (Å²) in [5.74, 6) is 0.278. The molecule has 2 aromatic rings. The molecule has 4 heteroatoms. The van der Waals surface area contributed by atoms with Gasteiger partial charge in [0.1, 0.15) is 5.69 Å². The fraction of sp³-hybridized carbons (Fsp3) is 0.429. The standard InChI is InChI=1S/C14H19N3O/c1-4-12-7-5-6-10(2)14(12)15-8-11(3)13-9-16-18-17-13/h5-7,9,11,15H,4,8H2,1-3H3. The Morgan fingerprint density at radius 2 is 2.22 bits per heavy atom. The molecule has 0 aliphatic carbocycles. The van der Waals surface area contributed by atoms with E-state index in [1.165, 1.54) is 16.8 Å². The van der Waals surface area contributed by atoms with Crippen molar-refractivity contribution in [3.05, 3.63) is 41.2 Å². The number of benzene rings is 1. The highest BCUT2D eigenvalue weighted by atomic mass is 16.6. The van der Waals surface area contributed by atoms with E-state index in [9.17, 15) is 0 Å². The van der Waals surface area contributed by atoms with E-state index in [0.29, 0.717) is 0 Å². The SMILES string of the molecule is CCc1cccc(C)c1NCC(C)c1cnon1. The minimum absolute atomic E-state index is 0.278. The Balaban J connectivity index is 2.06. The van der Waals surface area contributed by atoms with E-state index >= 15 is 0 Å². The van der Waals surface area contributed by atoms with Crippen LogP contribution in [0.1, 0.15) is 36.6 Å². The molecule has 1 aromatic heterocycles. The van der Waals surface area contributed by atoms with Crippen LogP contribution in [0.5, 0.6) is 0 Å². The number of rotatable bonds is 5. The summed E-state index contributed by atoms with van der Waals surface area (Å²) >= 11 is 0. The molecule has 0 amide bonds. The Morgan fingerprint density at radius 3 is 2.89 bits per heavy atom. The molecule has 0 bridgehead atoms. The lowest BCUT2D eigenvalue weighted by atomic mass is 10.0. The van der Waals surface area contributed by atoms with Crippen LogP contribution in [-0.4, -0.2) is 16.9 Å².